The lowest BCUT2D eigenvalue weighted by atomic mass is 10.1. The number of nitriles is 1. The number of aryl methyl sites for hydroxylation is 2. The quantitative estimate of drug-likeness (QED) is 0.303. The molecule has 3 rings (SSSR count). The SMILES string of the molecule is Cc1ccc(S(=O)(=O)Oc2cccc(/C=C(\C#N)C(=O)Nc3c(C)cccc3Cl)c2)cc1. The van der Waals surface area contributed by atoms with Gasteiger partial charge in [-0.2, -0.15) is 13.7 Å². The Morgan fingerprint density at radius 1 is 1.06 bits per heavy atom. The molecule has 1 N–H and O–H groups in total. The first-order valence-electron chi connectivity index (χ1n) is 9.49. The number of amides is 1. The Hall–Kier alpha value is -3.60. The number of para-hydroxylation sites is 1. The summed E-state index contributed by atoms with van der Waals surface area (Å²) in [6.45, 7) is 3.63. The molecule has 0 aromatic heterocycles. The smallest absolute Gasteiger partial charge is 0.339 e. The Morgan fingerprint density at radius 2 is 1.75 bits per heavy atom. The standard InChI is InChI=1S/C24H19ClN2O4S/c1-16-9-11-21(12-10-16)32(29,30)31-20-7-4-6-18(14-20)13-19(15-26)24(28)27-23-17(2)5-3-8-22(23)25/h3-14H,1-2H3,(H,27,28)/b19-13+. The van der Waals surface area contributed by atoms with Crippen LogP contribution in [-0.2, 0) is 14.9 Å². The first-order valence-corrected chi connectivity index (χ1v) is 11.3. The summed E-state index contributed by atoms with van der Waals surface area (Å²) in [6, 6.07) is 19.4. The molecular weight excluding hydrogens is 448 g/mol. The molecule has 0 bridgehead atoms. The second-order valence-corrected chi connectivity index (χ2v) is 8.93. The second kappa shape index (κ2) is 9.69. The van der Waals surface area contributed by atoms with Crippen molar-refractivity contribution in [2.45, 2.75) is 18.7 Å². The van der Waals surface area contributed by atoms with Gasteiger partial charge in [-0.25, -0.2) is 0 Å². The zero-order valence-electron chi connectivity index (χ0n) is 17.3. The van der Waals surface area contributed by atoms with Crippen LogP contribution in [0.15, 0.2) is 77.2 Å². The molecule has 0 heterocycles. The monoisotopic (exact) mass is 466 g/mol. The van der Waals surface area contributed by atoms with E-state index in [1.54, 1.807) is 49.4 Å². The number of carbonyl (C=O) groups is 1. The number of halogens is 1. The van der Waals surface area contributed by atoms with Crippen molar-refractivity contribution in [1.82, 2.24) is 0 Å². The van der Waals surface area contributed by atoms with E-state index >= 15 is 0 Å². The van der Waals surface area contributed by atoms with E-state index < -0.39 is 16.0 Å². The molecule has 1 amide bonds. The summed E-state index contributed by atoms with van der Waals surface area (Å²) in [4.78, 5) is 12.6. The number of carbonyl (C=O) groups excluding carboxylic acids is 1. The van der Waals surface area contributed by atoms with E-state index in [1.165, 1.54) is 30.3 Å². The lowest BCUT2D eigenvalue weighted by Crippen LogP contribution is -2.14. The van der Waals surface area contributed by atoms with Gasteiger partial charge in [0.1, 0.15) is 22.3 Å². The summed E-state index contributed by atoms with van der Waals surface area (Å²) in [7, 11) is -4.03. The summed E-state index contributed by atoms with van der Waals surface area (Å²) >= 11 is 6.13. The highest BCUT2D eigenvalue weighted by Gasteiger charge is 2.17. The molecule has 0 spiro atoms. The predicted molar refractivity (Wildman–Crippen MR) is 124 cm³/mol. The molecule has 32 heavy (non-hydrogen) atoms. The van der Waals surface area contributed by atoms with Crippen LogP contribution >= 0.6 is 11.6 Å². The third-order valence-corrected chi connectivity index (χ3v) is 6.09. The third kappa shape index (κ3) is 5.55. The van der Waals surface area contributed by atoms with Gasteiger partial charge in [-0.05, 0) is 61.4 Å². The van der Waals surface area contributed by atoms with Crippen molar-refractivity contribution in [2.24, 2.45) is 0 Å². The lowest BCUT2D eigenvalue weighted by molar-refractivity contribution is -0.112. The van der Waals surface area contributed by atoms with Gasteiger partial charge in [0.05, 0.1) is 10.7 Å². The topological polar surface area (TPSA) is 96.3 Å². The van der Waals surface area contributed by atoms with Crippen molar-refractivity contribution >= 4 is 39.4 Å². The molecular formula is C24H19ClN2O4S. The zero-order chi connectivity index (χ0) is 23.3. The molecule has 0 aliphatic carbocycles. The van der Waals surface area contributed by atoms with Crippen LogP contribution in [0.1, 0.15) is 16.7 Å². The van der Waals surface area contributed by atoms with Crippen molar-refractivity contribution < 1.29 is 17.4 Å². The van der Waals surface area contributed by atoms with Gasteiger partial charge in [-0.1, -0.05) is 53.6 Å². The minimum atomic E-state index is -4.03. The number of nitrogens with zero attached hydrogens (tertiary/aromatic N) is 1. The van der Waals surface area contributed by atoms with E-state index in [2.05, 4.69) is 5.32 Å². The highest BCUT2D eigenvalue weighted by Crippen LogP contribution is 2.26. The molecule has 0 saturated heterocycles. The number of nitrogens with one attached hydrogen (secondary N) is 1. The van der Waals surface area contributed by atoms with Gasteiger partial charge < -0.3 is 9.50 Å². The van der Waals surface area contributed by atoms with Crippen LogP contribution < -0.4 is 9.50 Å². The van der Waals surface area contributed by atoms with E-state index in [0.717, 1.165) is 11.1 Å². The van der Waals surface area contributed by atoms with E-state index in [0.29, 0.717) is 16.3 Å². The molecule has 162 valence electrons. The molecule has 0 radical (unpaired) electrons. The van der Waals surface area contributed by atoms with Crippen LogP contribution in [0.25, 0.3) is 6.08 Å². The summed E-state index contributed by atoms with van der Waals surface area (Å²) in [5, 5.41) is 12.5. The van der Waals surface area contributed by atoms with Gasteiger partial charge in [0.25, 0.3) is 5.91 Å². The van der Waals surface area contributed by atoms with Gasteiger partial charge in [-0.3, -0.25) is 4.79 Å². The van der Waals surface area contributed by atoms with Gasteiger partial charge in [0.15, 0.2) is 0 Å². The Balaban J connectivity index is 1.83. The van der Waals surface area contributed by atoms with Crippen molar-refractivity contribution in [3.8, 4) is 11.8 Å². The van der Waals surface area contributed by atoms with Gasteiger partial charge >= 0.3 is 10.1 Å². The Morgan fingerprint density at radius 3 is 2.41 bits per heavy atom. The fourth-order valence-electron chi connectivity index (χ4n) is 2.82. The first kappa shape index (κ1) is 23.1. The van der Waals surface area contributed by atoms with Crippen LogP contribution in [0.2, 0.25) is 5.02 Å². The molecule has 3 aromatic carbocycles. The molecule has 0 unspecified atom stereocenters. The maximum absolute atomic E-state index is 12.6. The van der Waals surface area contributed by atoms with Crippen LogP contribution in [0.4, 0.5) is 5.69 Å². The first-order chi connectivity index (χ1) is 15.2. The zero-order valence-corrected chi connectivity index (χ0v) is 18.9. The number of hydrogen-bond donors (Lipinski definition) is 1. The fraction of sp³-hybridized carbons (Fsp3) is 0.0833. The molecule has 3 aromatic rings. The van der Waals surface area contributed by atoms with E-state index in [9.17, 15) is 18.5 Å². The minimum Gasteiger partial charge on any atom is -0.379 e. The summed E-state index contributed by atoms with van der Waals surface area (Å²) in [5.74, 6) is -0.582. The Bertz CT molecular complexity index is 1320. The van der Waals surface area contributed by atoms with Crippen molar-refractivity contribution in [3.05, 3.63) is 94.0 Å². The number of rotatable bonds is 6. The average molecular weight is 467 g/mol. The average Bonchev–Trinajstić information content (AvgIpc) is 2.75. The Kier molecular flexibility index (Phi) is 6.98. The number of benzene rings is 3. The molecule has 0 atom stereocenters. The molecule has 0 aliphatic rings. The highest BCUT2D eigenvalue weighted by molar-refractivity contribution is 7.87. The predicted octanol–water partition coefficient (Wildman–Crippen LogP) is 5.27. The van der Waals surface area contributed by atoms with Crippen molar-refractivity contribution in [2.75, 3.05) is 5.32 Å². The molecule has 0 fully saturated rings. The molecule has 8 heteroatoms. The lowest BCUT2D eigenvalue weighted by Gasteiger charge is -2.10. The van der Waals surface area contributed by atoms with Gasteiger partial charge in [-0.15, -0.1) is 0 Å². The van der Waals surface area contributed by atoms with Crippen LogP contribution in [-0.4, -0.2) is 14.3 Å². The largest absolute Gasteiger partial charge is 0.379 e. The summed E-state index contributed by atoms with van der Waals surface area (Å²) in [6.07, 6.45) is 1.34. The van der Waals surface area contributed by atoms with Gasteiger partial charge in [0, 0.05) is 0 Å². The normalized spacial score (nSPS) is 11.5. The van der Waals surface area contributed by atoms with E-state index in [4.69, 9.17) is 15.8 Å². The van der Waals surface area contributed by atoms with Crippen molar-refractivity contribution in [3.63, 3.8) is 0 Å². The fourth-order valence-corrected chi connectivity index (χ4v) is 4.01. The maximum atomic E-state index is 12.6. The molecule has 6 nitrogen and oxygen atoms in total. The number of hydrogen-bond acceptors (Lipinski definition) is 5. The van der Waals surface area contributed by atoms with Gasteiger partial charge in [0.2, 0.25) is 0 Å². The van der Waals surface area contributed by atoms with Crippen LogP contribution in [0.5, 0.6) is 5.75 Å². The number of anilines is 1. The summed E-state index contributed by atoms with van der Waals surface area (Å²) in [5.41, 5.74) is 2.33. The Labute approximate surface area is 191 Å². The summed E-state index contributed by atoms with van der Waals surface area (Å²) < 4.78 is 30.2. The third-order valence-electron chi connectivity index (χ3n) is 4.51. The minimum absolute atomic E-state index is 0.0243. The van der Waals surface area contributed by atoms with Crippen LogP contribution in [0.3, 0.4) is 0 Å². The highest BCUT2D eigenvalue weighted by atomic mass is 35.5. The van der Waals surface area contributed by atoms with Crippen LogP contribution in [0, 0.1) is 25.2 Å². The molecule has 0 aliphatic heterocycles. The molecule has 0 saturated carbocycles. The van der Waals surface area contributed by atoms with E-state index in [1.807, 2.05) is 13.0 Å². The second-order valence-electron chi connectivity index (χ2n) is 6.98. The maximum Gasteiger partial charge on any atom is 0.339 e. The van der Waals surface area contributed by atoms with E-state index in [-0.39, 0.29) is 16.2 Å². The van der Waals surface area contributed by atoms with Crippen molar-refractivity contribution in [1.29, 1.82) is 5.26 Å².